The molecule has 1 N–H and O–H groups in total. The predicted octanol–water partition coefficient (Wildman–Crippen LogP) is 5.83. The Morgan fingerprint density at radius 1 is 1.07 bits per heavy atom. The highest BCUT2D eigenvalue weighted by molar-refractivity contribution is 6.04. The Morgan fingerprint density at radius 3 is 2.61 bits per heavy atom. The molecule has 13 heteroatoms. The first-order valence-corrected chi connectivity index (χ1v) is 15.3. The molecule has 5 rings (SSSR count). The van der Waals surface area contributed by atoms with Gasteiger partial charge in [0.05, 0.1) is 43.4 Å². The molecule has 246 valence electrons. The van der Waals surface area contributed by atoms with Crippen molar-refractivity contribution in [1.29, 1.82) is 0 Å². The standard InChI is InChI=1S/C33H37F3N4O6/c1-3-44-30(41)20-45-26-8-5-9-27(17-26)46-32-29(40-10-12-43-13-11-40)15-23(18-38-32)28-16-25(19-37-21(28)2)39-31(42)22-6-4-7-24(14-22)33(34,35)36/h4,6-7,14-16,18-19,26-27H,3,5,8-13,17,20H2,1-2H3,(H,39,42)/t26-,27-/m1/s1. The molecule has 1 aliphatic heterocycles. The van der Waals surface area contributed by atoms with Gasteiger partial charge in [-0.2, -0.15) is 13.2 Å². The minimum absolute atomic E-state index is 0.0932. The largest absolute Gasteiger partial charge is 0.473 e. The van der Waals surface area contributed by atoms with E-state index < -0.39 is 17.6 Å². The molecule has 0 unspecified atom stereocenters. The highest BCUT2D eigenvalue weighted by atomic mass is 19.4. The van der Waals surface area contributed by atoms with E-state index in [0.717, 1.165) is 42.6 Å². The first kappa shape index (κ1) is 33.1. The zero-order valence-corrected chi connectivity index (χ0v) is 25.8. The van der Waals surface area contributed by atoms with E-state index >= 15 is 0 Å². The van der Waals surface area contributed by atoms with Gasteiger partial charge in [0.1, 0.15) is 18.4 Å². The number of nitrogens with zero attached hydrogens (tertiary/aromatic N) is 3. The fourth-order valence-corrected chi connectivity index (χ4v) is 5.55. The molecule has 0 bridgehead atoms. The summed E-state index contributed by atoms with van der Waals surface area (Å²) in [6.45, 7) is 6.17. The number of halogens is 3. The fourth-order valence-electron chi connectivity index (χ4n) is 5.55. The summed E-state index contributed by atoms with van der Waals surface area (Å²) in [7, 11) is 0. The molecule has 1 saturated heterocycles. The third-order valence-electron chi connectivity index (χ3n) is 7.89. The molecule has 1 aromatic carbocycles. The second kappa shape index (κ2) is 14.9. The van der Waals surface area contributed by atoms with E-state index in [1.54, 1.807) is 19.2 Å². The Balaban J connectivity index is 1.36. The van der Waals surface area contributed by atoms with E-state index in [1.165, 1.54) is 18.3 Å². The zero-order chi connectivity index (χ0) is 32.7. The van der Waals surface area contributed by atoms with E-state index in [1.807, 2.05) is 13.0 Å². The fraction of sp³-hybridized carbons (Fsp3) is 0.455. The van der Waals surface area contributed by atoms with Crippen molar-refractivity contribution in [2.24, 2.45) is 0 Å². The SMILES string of the molecule is CCOC(=O)CO[C@@H]1CCC[C@@H](Oc2ncc(-c3cc(NC(=O)c4cccc(C(F)(F)F)c4)cnc3C)cc2N2CCOCC2)C1. The van der Waals surface area contributed by atoms with Crippen LogP contribution in [-0.2, 0) is 25.2 Å². The number of pyridine rings is 2. The van der Waals surface area contributed by atoms with Crippen molar-refractivity contribution < 1.29 is 41.7 Å². The Kier molecular flexibility index (Phi) is 10.7. The van der Waals surface area contributed by atoms with Crippen molar-refractivity contribution in [3.63, 3.8) is 0 Å². The van der Waals surface area contributed by atoms with Gasteiger partial charge in [-0.15, -0.1) is 0 Å². The number of benzene rings is 1. The lowest BCUT2D eigenvalue weighted by molar-refractivity contribution is -0.151. The highest BCUT2D eigenvalue weighted by Gasteiger charge is 2.31. The third-order valence-corrected chi connectivity index (χ3v) is 7.89. The first-order valence-electron chi connectivity index (χ1n) is 15.3. The summed E-state index contributed by atoms with van der Waals surface area (Å²) in [6, 6.07) is 7.95. The van der Waals surface area contributed by atoms with Crippen LogP contribution < -0.4 is 15.0 Å². The van der Waals surface area contributed by atoms with Crippen LogP contribution in [0, 0.1) is 6.92 Å². The van der Waals surface area contributed by atoms with Crippen molar-refractivity contribution in [2.45, 2.75) is 57.9 Å². The zero-order valence-electron chi connectivity index (χ0n) is 25.8. The van der Waals surface area contributed by atoms with Crippen LogP contribution in [0.2, 0.25) is 0 Å². The molecule has 2 aliphatic rings. The summed E-state index contributed by atoms with van der Waals surface area (Å²) >= 11 is 0. The minimum Gasteiger partial charge on any atom is -0.473 e. The van der Waals surface area contributed by atoms with Gasteiger partial charge >= 0.3 is 12.1 Å². The number of aryl methyl sites for hydroxylation is 1. The number of rotatable bonds is 10. The number of anilines is 2. The molecule has 46 heavy (non-hydrogen) atoms. The number of aromatic nitrogens is 2. The van der Waals surface area contributed by atoms with Crippen LogP contribution in [-0.4, -0.2) is 73.6 Å². The number of nitrogens with one attached hydrogen (secondary N) is 1. The van der Waals surface area contributed by atoms with Gasteiger partial charge in [0.2, 0.25) is 5.88 Å². The third kappa shape index (κ3) is 8.52. The van der Waals surface area contributed by atoms with E-state index in [9.17, 15) is 22.8 Å². The molecule has 2 atom stereocenters. The van der Waals surface area contributed by atoms with Gasteiger partial charge in [0, 0.05) is 48.1 Å². The number of amides is 1. The maximum atomic E-state index is 13.2. The van der Waals surface area contributed by atoms with Gasteiger partial charge in [0.25, 0.3) is 5.91 Å². The molecule has 2 aromatic heterocycles. The molecular formula is C33H37F3N4O6. The van der Waals surface area contributed by atoms with Gasteiger partial charge in [0.15, 0.2) is 0 Å². The molecule has 2 fully saturated rings. The topological polar surface area (TPSA) is 112 Å². The Hall–Kier alpha value is -4.23. The van der Waals surface area contributed by atoms with Gasteiger partial charge in [-0.1, -0.05) is 6.07 Å². The summed E-state index contributed by atoms with van der Waals surface area (Å²) in [5.41, 5.74) is 2.19. The second-order valence-corrected chi connectivity index (χ2v) is 11.2. The molecule has 1 aliphatic carbocycles. The van der Waals surface area contributed by atoms with Crippen molar-refractivity contribution >= 4 is 23.3 Å². The Labute approximate surface area is 265 Å². The minimum atomic E-state index is -4.56. The van der Waals surface area contributed by atoms with Crippen LogP contribution in [0.5, 0.6) is 5.88 Å². The lowest BCUT2D eigenvalue weighted by Gasteiger charge is -2.33. The van der Waals surface area contributed by atoms with Crippen molar-refractivity contribution in [2.75, 3.05) is 49.7 Å². The monoisotopic (exact) mass is 642 g/mol. The van der Waals surface area contributed by atoms with Gasteiger partial charge < -0.3 is 29.2 Å². The predicted molar refractivity (Wildman–Crippen MR) is 164 cm³/mol. The van der Waals surface area contributed by atoms with Gasteiger partial charge in [-0.3, -0.25) is 9.78 Å². The van der Waals surface area contributed by atoms with E-state index in [0.29, 0.717) is 62.2 Å². The van der Waals surface area contributed by atoms with Gasteiger partial charge in [-0.05, 0) is 63.4 Å². The molecule has 1 amide bonds. The molecule has 3 aromatic rings. The summed E-state index contributed by atoms with van der Waals surface area (Å²) in [6.07, 6.45) is 1.44. The molecule has 0 spiro atoms. The molecule has 1 saturated carbocycles. The van der Waals surface area contributed by atoms with Crippen LogP contribution in [0.3, 0.4) is 0 Å². The van der Waals surface area contributed by atoms with E-state index in [2.05, 4.69) is 15.2 Å². The van der Waals surface area contributed by atoms with Crippen LogP contribution in [0.25, 0.3) is 11.1 Å². The Morgan fingerprint density at radius 2 is 1.85 bits per heavy atom. The summed E-state index contributed by atoms with van der Waals surface area (Å²) in [5, 5.41) is 2.66. The number of carbonyl (C=O) groups excluding carboxylic acids is 2. The first-order chi connectivity index (χ1) is 22.1. The Bertz CT molecular complexity index is 1530. The number of ether oxygens (including phenoxy) is 4. The van der Waals surface area contributed by atoms with Crippen molar-refractivity contribution in [3.8, 4) is 17.0 Å². The quantitative estimate of drug-likeness (QED) is 0.273. The maximum Gasteiger partial charge on any atom is 0.416 e. The lowest BCUT2D eigenvalue weighted by Crippen LogP contribution is -2.37. The molecule has 0 radical (unpaired) electrons. The number of alkyl halides is 3. The smallest absolute Gasteiger partial charge is 0.416 e. The number of hydrogen-bond donors (Lipinski definition) is 1. The normalized spacial score (nSPS) is 18.6. The molecular weight excluding hydrogens is 605 g/mol. The average molecular weight is 643 g/mol. The molecule has 10 nitrogen and oxygen atoms in total. The van der Waals surface area contributed by atoms with Crippen LogP contribution in [0.4, 0.5) is 24.5 Å². The number of esters is 1. The van der Waals surface area contributed by atoms with Crippen LogP contribution in [0.1, 0.15) is 54.2 Å². The van der Waals surface area contributed by atoms with E-state index in [-0.39, 0.29) is 30.3 Å². The summed E-state index contributed by atoms with van der Waals surface area (Å²) in [4.78, 5) is 35.9. The van der Waals surface area contributed by atoms with Crippen LogP contribution in [0.15, 0.2) is 48.8 Å². The number of morpholine rings is 1. The number of carbonyl (C=O) groups is 2. The second-order valence-electron chi connectivity index (χ2n) is 11.2. The summed E-state index contributed by atoms with van der Waals surface area (Å²) in [5.74, 6) is -0.599. The molecule has 3 heterocycles. The van der Waals surface area contributed by atoms with Crippen molar-refractivity contribution in [1.82, 2.24) is 9.97 Å². The van der Waals surface area contributed by atoms with Crippen molar-refractivity contribution in [3.05, 3.63) is 65.6 Å². The van der Waals surface area contributed by atoms with Gasteiger partial charge in [-0.25, -0.2) is 9.78 Å². The maximum absolute atomic E-state index is 13.2. The average Bonchev–Trinajstić information content (AvgIpc) is 3.05. The number of hydrogen-bond acceptors (Lipinski definition) is 9. The lowest BCUT2D eigenvalue weighted by atomic mass is 9.95. The summed E-state index contributed by atoms with van der Waals surface area (Å²) < 4.78 is 62.3. The van der Waals surface area contributed by atoms with Crippen LogP contribution >= 0.6 is 0 Å². The van der Waals surface area contributed by atoms with E-state index in [4.69, 9.17) is 23.9 Å². The highest BCUT2D eigenvalue weighted by Crippen LogP contribution is 2.36.